The number of hydrogen-bond acceptors (Lipinski definition) is 3. The Balaban J connectivity index is 2.11. The average Bonchev–Trinajstić information content (AvgIpc) is 2.64. The van der Waals surface area contributed by atoms with Gasteiger partial charge in [0.25, 0.3) is 0 Å². The van der Waals surface area contributed by atoms with E-state index in [1.54, 1.807) is 0 Å². The van der Waals surface area contributed by atoms with Gasteiger partial charge in [-0.2, -0.15) is 13.2 Å². The lowest BCUT2D eigenvalue weighted by Gasteiger charge is -2.18. The quantitative estimate of drug-likeness (QED) is 0.841. The topological polar surface area (TPSA) is 50.9 Å². The zero-order valence-electron chi connectivity index (χ0n) is 9.17. The molecule has 2 unspecified atom stereocenters. The van der Waals surface area contributed by atoms with E-state index >= 15 is 0 Å². The fourth-order valence-corrected chi connectivity index (χ4v) is 2.03. The number of halogens is 3. The number of anilines is 1. The van der Waals surface area contributed by atoms with Gasteiger partial charge in [-0.25, -0.2) is 4.98 Å². The molecule has 6 heteroatoms. The van der Waals surface area contributed by atoms with Crippen molar-refractivity contribution in [3.05, 3.63) is 23.9 Å². The SMILES string of the molecule is NC1CCCC1Nc1cccc(C(F)(F)F)n1. The summed E-state index contributed by atoms with van der Waals surface area (Å²) in [7, 11) is 0. The van der Waals surface area contributed by atoms with Crippen LogP contribution in [-0.4, -0.2) is 17.1 Å². The summed E-state index contributed by atoms with van der Waals surface area (Å²) in [5, 5.41) is 2.97. The average molecular weight is 245 g/mol. The van der Waals surface area contributed by atoms with E-state index in [0.29, 0.717) is 0 Å². The van der Waals surface area contributed by atoms with E-state index in [-0.39, 0.29) is 17.9 Å². The van der Waals surface area contributed by atoms with Crippen molar-refractivity contribution in [1.29, 1.82) is 0 Å². The maximum Gasteiger partial charge on any atom is 0.433 e. The van der Waals surface area contributed by atoms with Crippen LogP contribution in [0.5, 0.6) is 0 Å². The Morgan fingerprint density at radius 1 is 1.29 bits per heavy atom. The van der Waals surface area contributed by atoms with Crippen molar-refractivity contribution in [3.63, 3.8) is 0 Å². The molecule has 0 spiro atoms. The molecule has 2 atom stereocenters. The maximum absolute atomic E-state index is 12.4. The zero-order chi connectivity index (χ0) is 12.5. The number of rotatable bonds is 2. The van der Waals surface area contributed by atoms with Crippen LogP contribution in [0.3, 0.4) is 0 Å². The number of nitrogens with zero attached hydrogens (tertiary/aromatic N) is 1. The second-order valence-corrected chi connectivity index (χ2v) is 4.25. The highest BCUT2D eigenvalue weighted by Crippen LogP contribution is 2.29. The Bertz CT molecular complexity index is 392. The van der Waals surface area contributed by atoms with Crippen molar-refractivity contribution in [1.82, 2.24) is 4.98 Å². The molecule has 0 radical (unpaired) electrons. The summed E-state index contributed by atoms with van der Waals surface area (Å²) in [6.45, 7) is 0. The first-order valence-corrected chi connectivity index (χ1v) is 5.53. The van der Waals surface area contributed by atoms with E-state index < -0.39 is 11.9 Å². The van der Waals surface area contributed by atoms with Crippen LogP contribution >= 0.6 is 0 Å². The highest BCUT2D eigenvalue weighted by molar-refractivity contribution is 5.37. The molecule has 1 aliphatic rings. The number of nitrogens with two attached hydrogens (primary N) is 1. The molecule has 1 heterocycles. The highest BCUT2D eigenvalue weighted by Gasteiger charge is 2.33. The van der Waals surface area contributed by atoms with Gasteiger partial charge in [-0.3, -0.25) is 0 Å². The van der Waals surface area contributed by atoms with E-state index in [2.05, 4.69) is 10.3 Å². The Labute approximate surface area is 97.2 Å². The van der Waals surface area contributed by atoms with Crippen LogP contribution in [0.25, 0.3) is 0 Å². The summed E-state index contributed by atoms with van der Waals surface area (Å²) in [5.41, 5.74) is 4.96. The Kier molecular flexibility index (Phi) is 3.24. The van der Waals surface area contributed by atoms with Crippen molar-refractivity contribution >= 4 is 5.82 Å². The minimum absolute atomic E-state index is 0.00802. The first-order chi connectivity index (χ1) is 7.97. The van der Waals surface area contributed by atoms with Gasteiger partial charge in [0.05, 0.1) is 0 Å². The van der Waals surface area contributed by atoms with E-state index in [4.69, 9.17) is 5.73 Å². The van der Waals surface area contributed by atoms with Crippen LogP contribution in [0, 0.1) is 0 Å². The van der Waals surface area contributed by atoms with Gasteiger partial charge in [-0.05, 0) is 31.4 Å². The summed E-state index contributed by atoms with van der Waals surface area (Å²) in [4.78, 5) is 3.55. The summed E-state index contributed by atoms with van der Waals surface area (Å²) < 4.78 is 37.3. The predicted octanol–water partition coefficient (Wildman–Crippen LogP) is 2.39. The van der Waals surface area contributed by atoms with Gasteiger partial charge in [0.1, 0.15) is 11.5 Å². The van der Waals surface area contributed by atoms with Gasteiger partial charge < -0.3 is 11.1 Å². The highest BCUT2D eigenvalue weighted by atomic mass is 19.4. The standard InChI is InChI=1S/C11H14F3N3/c12-11(13,14)9-5-2-6-10(17-9)16-8-4-1-3-7(8)15/h2,5-8H,1,3-4,15H2,(H,16,17). The van der Waals surface area contributed by atoms with Crippen molar-refractivity contribution in [2.45, 2.75) is 37.5 Å². The molecule has 1 fully saturated rings. The molecular formula is C11H14F3N3. The van der Waals surface area contributed by atoms with Crippen LogP contribution in [0.1, 0.15) is 25.0 Å². The Morgan fingerprint density at radius 3 is 2.65 bits per heavy atom. The molecule has 17 heavy (non-hydrogen) atoms. The van der Waals surface area contributed by atoms with Crippen molar-refractivity contribution < 1.29 is 13.2 Å². The minimum Gasteiger partial charge on any atom is -0.366 e. The molecule has 0 aliphatic heterocycles. The number of nitrogens with one attached hydrogen (secondary N) is 1. The molecule has 1 aromatic rings. The molecule has 0 aromatic carbocycles. The molecule has 1 aliphatic carbocycles. The Morgan fingerprint density at radius 2 is 2.06 bits per heavy atom. The van der Waals surface area contributed by atoms with Gasteiger partial charge in [0.2, 0.25) is 0 Å². The molecule has 0 saturated heterocycles. The first kappa shape index (κ1) is 12.2. The van der Waals surface area contributed by atoms with E-state index in [0.717, 1.165) is 25.3 Å². The number of alkyl halides is 3. The van der Waals surface area contributed by atoms with Crippen LogP contribution in [0.2, 0.25) is 0 Å². The van der Waals surface area contributed by atoms with Crippen molar-refractivity contribution in [2.75, 3.05) is 5.32 Å². The van der Waals surface area contributed by atoms with Gasteiger partial charge >= 0.3 is 6.18 Å². The zero-order valence-corrected chi connectivity index (χ0v) is 9.17. The largest absolute Gasteiger partial charge is 0.433 e. The molecule has 0 bridgehead atoms. The monoisotopic (exact) mass is 245 g/mol. The lowest BCUT2D eigenvalue weighted by molar-refractivity contribution is -0.141. The van der Waals surface area contributed by atoms with Crippen LogP contribution in [-0.2, 0) is 6.18 Å². The number of aromatic nitrogens is 1. The summed E-state index contributed by atoms with van der Waals surface area (Å²) in [5.74, 6) is 0.238. The van der Waals surface area contributed by atoms with Crippen LogP contribution in [0.15, 0.2) is 18.2 Å². The van der Waals surface area contributed by atoms with E-state index in [9.17, 15) is 13.2 Å². The predicted molar refractivity (Wildman–Crippen MR) is 58.5 cm³/mol. The normalized spacial score (nSPS) is 24.9. The Hall–Kier alpha value is -1.30. The third-order valence-corrected chi connectivity index (χ3v) is 2.94. The number of pyridine rings is 1. The molecule has 2 rings (SSSR count). The minimum atomic E-state index is -4.41. The van der Waals surface area contributed by atoms with Gasteiger partial charge in [-0.1, -0.05) is 6.07 Å². The van der Waals surface area contributed by atoms with Gasteiger partial charge in [0.15, 0.2) is 0 Å². The smallest absolute Gasteiger partial charge is 0.366 e. The summed E-state index contributed by atoms with van der Waals surface area (Å²) in [6, 6.07) is 3.84. The summed E-state index contributed by atoms with van der Waals surface area (Å²) >= 11 is 0. The molecule has 3 nitrogen and oxygen atoms in total. The van der Waals surface area contributed by atoms with Crippen LogP contribution in [0.4, 0.5) is 19.0 Å². The molecule has 3 N–H and O–H groups in total. The lowest BCUT2D eigenvalue weighted by Crippen LogP contribution is -2.35. The maximum atomic E-state index is 12.4. The second kappa shape index (κ2) is 4.52. The molecule has 1 aromatic heterocycles. The first-order valence-electron chi connectivity index (χ1n) is 5.53. The third kappa shape index (κ3) is 2.88. The van der Waals surface area contributed by atoms with Crippen molar-refractivity contribution in [3.8, 4) is 0 Å². The van der Waals surface area contributed by atoms with E-state index in [1.165, 1.54) is 12.1 Å². The molecular weight excluding hydrogens is 231 g/mol. The molecule has 94 valence electrons. The van der Waals surface area contributed by atoms with Crippen LogP contribution < -0.4 is 11.1 Å². The molecule has 0 amide bonds. The van der Waals surface area contributed by atoms with Gasteiger partial charge in [0, 0.05) is 12.1 Å². The lowest BCUT2D eigenvalue weighted by atomic mass is 10.2. The summed E-state index contributed by atoms with van der Waals surface area (Å²) in [6.07, 6.45) is -1.64. The second-order valence-electron chi connectivity index (χ2n) is 4.25. The number of hydrogen-bond donors (Lipinski definition) is 2. The third-order valence-electron chi connectivity index (χ3n) is 2.94. The molecule has 1 saturated carbocycles. The van der Waals surface area contributed by atoms with Gasteiger partial charge in [-0.15, -0.1) is 0 Å². The fraction of sp³-hybridized carbons (Fsp3) is 0.545. The van der Waals surface area contributed by atoms with Crippen molar-refractivity contribution in [2.24, 2.45) is 5.73 Å². The van der Waals surface area contributed by atoms with E-state index in [1.807, 2.05) is 0 Å². The fourth-order valence-electron chi connectivity index (χ4n) is 2.03.